The summed E-state index contributed by atoms with van der Waals surface area (Å²) in [5, 5.41) is 0. The lowest BCUT2D eigenvalue weighted by Gasteiger charge is -2.07. The highest BCUT2D eigenvalue weighted by molar-refractivity contribution is 7.88. The molecule has 1 N–H and O–H groups in total. The second kappa shape index (κ2) is 13.5. The minimum atomic E-state index is -3.10. The minimum Gasteiger partial charge on any atom is -0.213 e. The molecule has 0 radical (unpaired) electrons. The zero-order valence-corrected chi connectivity index (χ0v) is 19.7. The lowest BCUT2D eigenvalue weighted by molar-refractivity contribution is 0.587. The molecule has 0 fully saturated rings. The van der Waals surface area contributed by atoms with Crippen molar-refractivity contribution >= 4 is 10.0 Å². The second-order valence-electron chi connectivity index (χ2n) is 7.24. The molecule has 162 valence electrons. The van der Waals surface area contributed by atoms with Crippen molar-refractivity contribution in [3.8, 4) is 0 Å². The number of hydrogen-bond donors (Lipinski definition) is 1. The Kier molecular flexibility index (Phi) is 12.7. The van der Waals surface area contributed by atoms with E-state index >= 15 is 0 Å². The Hall–Kier alpha value is -1.65. The first-order chi connectivity index (χ1) is 13.1. The van der Waals surface area contributed by atoms with Crippen LogP contribution in [-0.4, -0.2) is 14.7 Å². The molecular formula is C24H43NO2S. The summed E-state index contributed by atoms with van der Waals surface area (Å²) in [4.78, 5) is 0. The normalized spacial score (nSPS) is 10.8. The molecule has 0 unspecified atom stereocenters. The lowest BCUT2D eigenvalue weighted by atomic mass is 10.0. The molecule has 0 saturated heterocycles. The predicted octanol–water partition coefficient (Wildman–Crippen LogP) is 6.75. The average molecular weight is 410 g/mol. The van der Waals surface area contributed by atoms with Gasteiger partial charge in [-0.25, -0.2) is 13.1 Å². The van der Waals surface area contributed by atoms with Gasteiger partial charge < -0.3 is 0 Å². The molecule has 3 nitrogen and oxygen atoms in total. The van der Waals surface area contributed by atoms with Gasteiger partial charge in [-0.1, -0.05) is 97.0 Å². The number of nitrogens with one attached hydrogen (secondary N) is 1. The van der Waals surface area contributed by atoms with Crippen molar-refractivity contribution < 1.29 is 11.3 Å². The fourth-order valence-electron chi connectivity index (χ4n) is 2.41. The van der Waals surface area contributed by atoms with Gasteiger partial charge in [-0.05, 0) is 40.5 Å². The maximum Gasteiger partial charge on any atom is 0.209 e. The fraction of sp³-hybridized carbons (Fsp3) is 0.500. The van der Waals surface area contributed by atoms with E-state index in [-0.39, 0.29) is 2.85 Å². The van der Waals surface area contributed by atoms with Gasteiger partial charge in [-0.3, -0.25) is 0 Å². The zero-order chi connectivity index (χ0) is 21.7. The molecule has 2 rings (SSSR count). The summed E-state index contributed by atoms with van der Waals surface area (Å²) in [6.45, 7) is 15.3. The topological polar surface area (TPSA) is 46.2 Å². The molecule has 0 bridgehead atoms. The van der Waals surface area contributed by atoms with E-state index in [1.54, 1.807) is 0 Å². The van der Waals surface area contributed by atoms with Crippen LogP contribution in [0.5, 0.6) is 0 Å². The summed E-state index contributed by atoms with van der Waals surface area (Å²) in [5.41, 5.74) is 5.13. The van der Waals surface area contributed by atoms with Gasteiger partial charge in [-0.15, -0.1) is 0 Å². The van der Waals surface area contributed by atoms with E-state index in [2.05, 4.69) is 63.6 Å². The van der Waals surface area contributed by atoms with E-state index in [1.165, 1.54) is 16.7 Å². The molecule has 0 saturated carbocycles. The summed E-state index contributed by atoms with van der Waals surface area (Å²) >= 11 is 0. The van der Waals surface area contributed by atoms with Crippen LogP contribution < -0.4 is 4.72 Å². The van der Waals surface area contributed by atoms with Gasteiger partial charge in [0.1, 0.15) is 0 Å². The van der Waals surface area contributed by atoms with Crippen LogP contribution in [0.4, 0.5) is 0 Å². The Bertz CT molecular complexity index is 774. The van der Waals surface area contributed by atoms with E-state index < -0.39 is 10.0 Å². The van der Waals surface area contributed by atoms with Crippen LogP contribution >= 0.6 is 0 Å². The van der Waals surface area contributed by atoms with Gasteiger partial charge in [0.2, 0.25) is 10.0 Å². The van der Waals surface area contributed by atoms with Crippen LogP contribution in [0.25, 0.3) is 0 Å². The monoisotopic (exact) mass is 409 g/mol. The minimum absolute atomic E-state index is 0. The summed E-state index contributed by atoms with van der Waals surface area (Å²) in [6, 6.07) is 16.8. The van der Waals surface area contributed by atoms with Crippen LogP contribution in [0.15, 0.2) is 48.5 Å². The van der Waals surface area contributed by atoms with Crippen LogP contribution in [0, 0.1) is 0 Å². The van der Waals surface area contributed by atoms with Crippen molar-refractivity contribution in [3.63, 3.8) is 0 Å². The Labute approximate surface area is 176 Å². The van der Waals surface area contributed by atoms with Gasteiger partial charge in [0.25, 0.3) is 0 Å². The number of aryl methyl sites for hydroxylation is 1. The standard InChI is InChI=1S/C11H17NO2S.C11H16.C2H6.2H2/c1-9(2)11-6-4-10(5-7-11)8-12-15(3,13)14;1-4-10-6-5-7-11(8-10)9(2)3;1-2;;/h4-7,9,12H,8H2,1-3H3;5-9H,4H2,1-3H3;1-2H3;2*1H. The smallest absolute Gasteiger partial charge is 0.209 e. The van der Waals surface area contributed by atoms with Gasteiger partial charge in [0.15, 0.2) is 0 Å². The van der Waals surface area contributed by atoms with E-state index in [4.69, 9.17) is 0 Å². The average Bonchev–Trinajstić information content (AvgIpc) is 2.68. The molecule has 0 aliphatic carbocycles. The molecule has 4 heteroatoms. The molecule has 2 aromatic carbocycles. The maximum absolute atomic E-state index is 10.9. The third-order valence-electron chi connectivity index (χ3n) is 4.21. The quantitative estimate of drug-likeness (QED) is 0.573. The molecule has 2 aromatic rings. The number of rotatable bonds is 6. The highest BCUT2D eigenvalue weighted by Crippen LogP contribution is 2.16. The van der Waals surface area contributed by atoms with Crippen molar-refractivity contribution in [2.75, 3.05) is 6.26 Å². The Morgan fingerprint density at radius 1 is 0.857 bits per heavy atom. The number of sulfonamides is 1. The summed E-state index contributed by atoms with van der Waals surface area (Å²) in [6.07, 6.45) is 2.30. The molecule has 28 heavy (non-hydrogen) atoms. The maximum atomic E-state index is 10.9. The Morgan fingerprint density at radius 3 is 1.82 bits per heavy atom. The van der Waals surface area contributed by atoms with Crippen molar-refractivity contribution in [2.24, 2.45) is 0 Å². The zero-order valence-electron chi connectivity index (χ0n) is 18.9. The number of hydrogen-bond acceptors (Lipinski definition) is 2. The summed E-state index contributed by atoms with van der Waals surface area (Å²) < 4.78 is 24.2. The van der Waals surface area contributed by atoms with Crippen molar-refractivity contribution in [1.82, 2.24) is 4.72 Å². The van der Waals surface area contributed by atoms with E-state index in [0.29, 0.717) is 18.4 Å². The summed E-state index contributed by atoms with van der Waals surface area (Å²) in [7, 11) is -3.10. The fourth-order valence-corrected chi connectivity index (χ4v) is 2.84. The van der Waals surface area contributed by atoms with Crippen molar-refractivity contribution in [1.29, 1.82) is 0 Å². The Morgan fingerprint density at radius 2 is 1.39 bits per heavy atom. The first kappa shape index (κ1) is 26.4. The van der Waals surface area contributed by atoms with Crippen molar-refractivity contribution in [3.05, 3.63) is 70.8 Å². The van der Waals surface area contributed by atoms with Gasteiger partial charge in [0, 0.05) is 9.40 Å². The molecule has 0 amide bonds. The third-order valence-corrected chi connectivity index (χ3v) is 4.88. The van der Waals surface area contributed by atoms with E-state index in [9.17, 15) is 8.42 Å². The lowest BCUT2D eigenvalue weighted by Crippen LogP contribution is -2.21. The second-order valence-corrected chi connectivity index (χ2v) is 9.08. The van der Waals surface area contributed by atoms with Crippen molar-refractivity contribution in [2.45, 2.75) is 73.3 Å². The van der Waals surface area contributed by atoms with Crippen LogP contribution in [0.1, 0.15) is 85.4 Å². The first-order valence-corrected chi connectivity index (χ1v) is 12.1. The predicted molar refractivity (Wildman–Crippen MR) is 128 cm³/mol. The summed E-state index contributed by atoms with van der Waals surface area (Å²) in [5.74, 6) is 1.16. The largest absolute Gasteiger partial charge is 0.213 e. The SMILES string of the molecule is CC.CC(C)c1ccc(CNS(C)(=O)=O)cc1.CCc1cccc(C(C)C)c1.[HH].[HH]. The van der Waals surface area contributed by atoms with Gasteiger partial charge in [0.05, 0.1) is 6.26 Å². The van der Waals surface area contributed by atoms with Crippen LogP contribution in [0.2, 0.25) is 0 Å². The van der Waals surface area contributed by atoms with Crippen LogP contribution in [0.3, 0.4) is 0 Å². The third kappa shape index (κ3) is 11.3. The molecular weight excluding hydrogens is 366 g/mol. The number of benzene rings is 2. The van der Waals surface area contributed by atoms with E-state index in [0.717, 1.165) is 18.2 Å². The molecule has 0 heterocycles. The molecule has 0 aliphatic heterocycles. The van der Waals surface area contributed by atoms with Gasteiger partial charge in [-0.2, -0.15) is 0 Å². The highest BCUT2D eigenvalue weighted by Gasteiger charge is 2.02. The Balaban J connectivity index is -0.000000436. The molecule has 0 aliphatic rings. The molecule has 0 spiro atoms. The van der Waals surface area contributed by atoms with E-state index in [1.807, 2.05) is 38.1 Å². The molecule has 0 aromatic heterocycles. The molecule has 0 atom stereocenters. The van der Waals surface area contributed by atoms with Crippen LogP contribution in [-0.2, 0) is 23.0 Å². The first-order valence-electron chi connectivity index (χ1n) is 10.2. The highest BCUT2D eigenvalue weighted by atomic mass is 32.2. The van der Waals surface area contributed by atoms with Gasteiger partial charge >= 0.3 is 0 Å².